The van der Waals surface area contributed by atoms with E-state index < -0.39 is 29.0 Å². The quantitative estimate of drug-likeness (QED) is 0.165. The third-order valence-electron chi connectivity index (χ3n) is 11.1. The third kappa shape index (κ3) is 8.27. The van der Waals surface area contributed by atoms with Crippen molar-refractivity contribution in [3.05, 3.63) is 130 Å². The molecule has 8 heteroatoms. The maximum Gasteiger partial charge on any atom is 0.258 e. The predicted octanol–water partition coefficient (Wildman–Crippen LogP) is 11.6. The van der Waals surface area contributed by atoms with Crippen LogP contribution in [0.5, 0.6) is 23.0 Å². The van der Waals surface area contributed by atoms with Gasteiger partial charge in [0.2, 0.25) is 0 Å². The van der Waals surface area contributed by atoms with Gasteiger partial charge in [-0.15, -0.1) is 0 Å². The van der Waals surface area contributed by atoms with Crippen molar-refractivity contribution in [1.82, 2.24) is 0 Å². The van der Waals surface area contributed by atoms with Crippen molar-refractivity contribution in [3.63, 3.8) is 0 Å². The summed E-state index contributed by atoms with van der Waals surface area (Å²) in [5.74, 6) is 0.589. The van der Waals surface area contributed by atoms with E-state index in [0.717, 1.165) is 43.2 Å². The maximum atomic E-state index is 12.8. The van der Waals surface area contributed by atoms with Crippen LogP contribution in [0.1, 0.15) is 130 Å². The maximum absolute atomic E-state index is 12.8. The van der Waals surface area contributed by atoms with Gasteiger partial charge in [-0.05, 0) is 57.1 Å². The zero-order valence-corrected chi connectivity index (χ0v) is 37.1. The zero-order valence-electron chi connectivity index (χ0n) is 37.1. The molecule has 0 spiro atoms. The Bertz CT molecular complexity index is 2160. The molecular weight excluding hydrogens is 737 g/mol. The van der Waals surface area contributed by atoms with Crippen LogP contribution in [0, 0.1) is 0 Å². The number of anilines is 2. The normalized spacial score (nSPS) is 15.2. The topological polar surface area (TPSA) is 93.2 Å². The first-order valence-corrected chi connectivity index (χ1v) is 20.3. The smallest absolute Gasteiger partial charge is 0.258 e. The first kappa shape index (κ1) is 42.8. The number of nitrogens with zero attached hydrogens (tertiary/aromatic N) is 2. The van der Waals surface area contributed by atoms with Crippen LogP contribution in [0.3, 0.4) is 0 Å². The molecule has 6 rings (SSSR count). The Labute approximate surface area is 349 Å². The summed E-state index contributed by atoms with van der Waals surface area (Å²) in [6.07, 6.45) is 5.12. The van der Waals surface area contributed by atoms with Crippen LogP contribution in [0.15, 0.2) is 97.1 Å². The van der Waals surface area contributed by atoms with Gasteiger partial charge in [0.25, 0.3) is 23.6 Å². The first-order valence-electron chi connectivity index (χ1n) is 20.3. The molecule has 0 unspecified atom stereocenters. The van der Waals surface area contributed by atoms with Crippen molar-refractivity contribution in [3.8, 4) is 23.0 Å². The van der Waals surface area contributed by atoms with Crippen LogP contribution in [-0.2, 0) is 46.3 Å². The highest BCUT2D eigenvalue weighted by Gasteiger charge is 2.37. The lowest BCUT2D eigenvalue weighted by molar-refractivity contribution is -0.121. The minimum atomic E-state index is -0.535. The van der Waals surface area contributed by atoms with E-state index >= 15 is 0 Å². The molecule has 0 radical (unpaired) electrons. The number of hydrogen-bond donors (Lipinski definition) is 0. The fourth-order valence-corrected chi connectivity index (χ4v) is 7.55. The van der Waals surface area contributed by atoms with Crippen LogP contribution in [0.25, 0.3) is 0 Å². The van der Waals surface area contributed by atoms with E-state index in [1.165, 1.54) is 24.3 Å². The van der Waals surface area contributed by atoms with Gasteiger partial charge in [0, 0.05) is 52.0 Å². The number of ether oxygens (including phenoxy) is 2. The number of hydrogen-bond acceptors (Lipinski definition) is 6. The molecule has 0 fully saturated rings. The third-order valence-corrected chi connectivity index (χ3v) is 11.1. The minimum Gasteiger partial charge on any atom is -0.455 e. The molecule has 0 aromatic heterocycles. The second-order valence-corrected chi connectivity index (χ2v) is 20.3. The molecule has 4 aromatic carbocycles. The molecule has 59 heavy (non-hydrogen) atoms. The molecule has 4 amide bonds. The van der Waals surface area contributed by atoms with E-state index in [2.05, 4.69) is 121 Å². The zero-order chi connectivity index (χ0) is 43.6. The summed E-state index contributed by atoms with van der Waals surface area (Å²) >= 11 is 0. The molecule has 308 valence electrons. The molecule has 0 atom stereocenters. The van der Waals surface area contributed by atoms with E-state index in [0.29, 0.717) is 34.4 Å². The van der Waals surface area contributed by atoms with E-state index in [1.54, 1.807) is 36.4 Å². The largest absolute Gasteiger partial charge is 0.455 e. The molecule has 2 heterocycles. The Kier molecular flexibility index (Phi) is 10.8. The molecule has 2 aliphatic rings. The summed E-state index contributed by atoms with van der Waals surface area (Å²) < 4.78 is 13.9. The summed E-state index contributed by atoms with van der Waals surface area (Å²) in [6, 6.07) is 23.3. The van der Waals surface area contributed by atoms with Crippen molar-refractivity contribution >= 4 is 35.0 Å². The fourth-order valence-electron chi connectivity index (χ4n) is 7.55. The molecular formula is C51H58N2O6. The number of benzene rings is 4. The SMILES string of the molecule is CC(C)(C)c1cc(C(C)(C)c2cc(C(C)(C)C)c(Oc3ccccc3N3C(=O)C=CC3=O)c(C(C)(C)C)c2)cc(C(C)(C)C)c1Oc1ccccc1N1C(=O)C=CC1=O. The van der Waals surface area contributed by atoms with Crippen LogP contribution in [0.4, 0.5) is 11.4 Å². The van der Waals surface area contributed by atoms with Crippen LogP contribution in [0.2, 0.25) is 0 Å². The summed E-state index contributed by atoms with van der Waals surface area (Å²) in [4.78, 5) is 53.6. The number of amides is 4. The van der Waals surface area contributed by atoms with Gasteiger partial charge in [0.1, 0.15) is 11.5 Å². The van der Waals surface area contributed by atoms with Crippen molar-refractivity contribution in [1.29, 1.82) is 0 Å². The number of carbonyl (C=O) groups excluding carboxylic acids is 4. The molecule has 0 saturated heterocycles. The van der Waals surface area contributed by atoms with Crippen LogP contribution >= 0.6 is 0 Å². The minimum absolute atomic E-state index is 0.372. The molecule has 0 aliphatic carbocycles. The Morgan fingerprint density at radius 3 is 0.898 bits per heavy atom. The number of imide groups is 2. The van der Waals surface area contributed by atoms with Gasteiger partial charge in [-0.3, -0.25) is 19.2 Å². The average molecular weight is 795 g/mol. The van der Waals surface area contributed by atoms with Gasteiger partial charge >= 0.3 is 0 Å². The summed E-state index contributed by atoms with van der Waals surface area (Å²) in [7, 11) is 0. The first-order chi connectivity index (χ1) is 27.2. The molecule has 0 N–H and O–H groups in total. The van der Waals surface area contributed by atoms with Gasteiger partial charge in [0.15, 0.2) is 11.5 Å². The summed E-state index contributed by atoms with van der Waals surface area (Å²) in [5.41, 5.74) is 4.91. The van der Waals surface area contributed by atoms with Crippen molar-refractivity contribution in [2.75, 3.05) is 9.80 Å². The van der Waals surface area contributed by atoms with Crippen LogP contribution < -0.4 is 19.3 Å². The molecule has 4 aromatic rings. The Hall–Kier alpha value is -5.76. The van der Waals surface area contributed by atoms with Crippen molar-refractivity contribution < 1.29 is 28.7 Å². The standard InChI is InChI=1S/C51H58N2O6/c1-47(2,3)33-27-31(28-34(48(4,5)6)45(33)58-39-21-17-15-19-37(39)52-41(54)23-24-42(52)55)51(13,14)32-29-35(49(7,8)9)46(36(30-32)50(10,11)12)59-40-22-18-16-20-38(40)53-43(56)25-26-44(53)57/h15-30H,1-14H3. The number of rotatable bonds is 8. The molecule has 0 saturated carbocycles. The lowest BCUT2D eigenvalue weighted by Gasteiger charge is -2.37. The second kappa shape index (κ2) is 14.8. The highest BCUT2D eigenvalue weighted by atomic mass is 16.5. The fraction of sp³-hybridized carbons (Fsp3) is 0.373. The second-order valence-electron chi connectivity index (χ2n) is 20.3. The van der Waals surface area contributed by atoms with E-state index in [1.807, 2.05) is 12.1 Å². The van der Waals surface area contributed by atoms with Gasteiger partial charge in [-0.1, -0.05) is 145 Å². The molecule has 0 bridgehead atoms. The van der Waals surface area contributed by atoms with Gasteiger partial charge < -0.3 is 9.47 Å². The lowest BCUT2D eigenvalue weighted by Crippen LogP contribution is -2.30. The summed E-state index contributed by atoms with van der Waals surface area (Å²) in [5, 5.41) is 0. The number of para-hydroxylation sites is 4. The van der Waals surface area contributed by atoms with E-state index in [-0.39, 0.29) is 21.7 Å². The predicted molar refractivity (Wildman–Crippen MR) is 236 cm³/mol. The Morgan fingerprint density at radius 2 is 0.644 bits per heavy atom. The van der Waals surface area contributed by atoms with E-state index in [9.17, 15) is 19.2 Å². The van der Waals surface area contributed by atoms with Crippen LogP contribution in [-0.4, -0.2) is 23.6 Å². The lowest BCUT2D eigenvalue weighted by atomic mass is 9.69. The van der Waals surface area contributed by atoms with Crippen molar-refractivity contribution in [2.45, 2.75) is 124 Å². The molecule has 2 aliphatic heterocycles. The Balaban J connectivity index is 1.55. The Morgan fingerprint density at radius 1 is 0.390 bits per heavy atom. The van der Waals surface area contributed by atoms with Crippen molar-refractivity contribution in [2.24, 2.45) is 0 Å². The average Bonchev–Trinajstić information content (AvgIpc) is 3.64. The number of carbonyl (C=O) groups is 4. The molecule has 8 nitrogen and oxygen atoms in total. The monoisotopic (exact) mass is 794 g/mol. The van der Waals surface area contributed by atoms with Gasteiger partial charge in [-0.2, -0.15) is 0 Å². The summed E-state index contributed by atoms with van der Waals surface area (Å²) in [6.45, 7) is 30.5. The highest BCUT2D eigenvalue weighted by molar-refractivity contribution is 6.29. The van der Waals surface area contributed by atoms with E-state index in [4.69, 9.17) is 9.47 Å². The highest BCUT2D eigenvalue weighted by Crippen LogP contribution is 2.50. The van der Waals surface area contributed by atoms with Gasteiger partial charge in [-0.25, -0.2) is 9.80 Å². The van der Waals surface area contributed by atoms with Gasteiger partial charge in [0.05, 0.1) is 11.4 Å².